The zero-order chi connectivity index (χ0) is 10.4. The second-order valence-corrected chi connectivity index (χ2v) is 3.88. The minimum atomic E-state index is -0.329. The molecule has 14 heavy (non-hydrogen) atoms. The maximum atomic E-state index is 9.71. The van der Waals surface area contributed by atoms with Gasteiger partial charge in [0, 0.05) is 0 Å². The molecule has 0 aromatic heterocycles. The Morgan fingerprint density at radius 1 is 1.36 bits per heavy atom. The third-order valence-electron chi connectivity index (χ3n) is 2.14. The molecule has 1 N–H and O–H groups in total. The van der Waals surface area contributed by atoms with Crippen LogP contribution in [-0.4, -0.2) is 21.6 Å². The number of hydrogen-bond donors (Lipinski definition) is 1. The third kappa shape index (κ3) is 3.16. The van der Waals surface area contributed by atoms with Crippen LogP contribution in [0.2, 0.25) is 0 Å². The van der Waals surface area contributed by atoms with Gasteiger partial charge in [0.15, 0.2) is 0 Å². The van der Waals surface area contributed by atoms with E-state index >= 15 is 0 Å². The van der Waals surface area contributed by atoms with E-state index in [1.165, 1.54) is 0 Å². The van der Waals surface area contributed by atoms with Crippen molar-refractivity contribution in [1.29, 1.82) is 0 Å². The minimum absolute atomic E-state index is 0.329. The summed E-state index contributed by atoms with van der Waals surface area (Å²) in [7, 11) is 1.05. The van der Waals surface area contributed by atoms with Crippen molar-refractivity contribution >= 4 is 10.2 Å². The smallest absolute Gasteiger partial charge is 0.118 e. The van der Waals surface area contributed by atoms with E-state index < -0.39 is 0 Å². The molecule has 78 valence electrons. The van der Waals surface area contributed by atoms with Crippen LogP contribution in [0.1, 0.15) is 31.4 Å². The Labute approximate surface area is 88.3 Å². The van der Waals surface area contributed by atoms with Crippen LogP contribution in [0.15, 0.2) is 24.3 Å². The van der Waals surface area contributed by atoms with Gasteiger partial charge in [-0.1, -0.05) is 25.5 Å². The molecule has 0 fully saturated rings. The zero-order valence-corrected chi connectivity index (χ0v) is 10.9. The number of aliphatic hydroxyl groups excluding tert-OH is 1. The lowest BCUT2D eigenvalue weighted by atomic mass is 10.1. The molecule has 0 amide bonds. The lowest BCUT2D eigenvalue weighted by molar-refractivity contribution is 0.166. The van der Waals surface area contributed by atoms with Gasteiger partial charge in [-0.25, -0.2) is 0 Å². The second-order valence-electron chi connectivity index (χ2n) is 3.31. The molecule has 0 radical (unpaired) electrons. The van der Waals surface area contributed by atoms with Crippen LogP contribution in [0.3, 0.4) is 0 Å². The summed E-state index contributed by atoms with van der Waals surface area (Å²) < 4.78 is 5.38. The molecule has 1 atom stereocenters. The Morgan fingerprint density at radius 2 is 2.00 bits per heavy atom. The number of rotatable bonds is 5. The third-order valence-corrected chi connectivity index (χ3v) is 2.43. The van der Waals surface area contributed by atoms with E-state index in [1.54, 1.807) is 0 Å². The molecule has 0 spiro atoms. The summed E-state index contributed by atoms with van der Waals surface area (Å²) in [4.78, 5) is 0. The molecule has 1 rings (SSSR count). The summed E-state index contributed by atoms with van der Waals surface area (Å²) in [6, 6.07) is 7.72. The number of hydrogen-bond acceptors (Lipinski definition) is 2. The minimum Gasteiger partial charge on any atom is -0.498 e. The normalized spacial score (nSPS) is 12.7. The molecule has 1 unspecified atom stereocenters. The van der Waals surface area contributed by atoms with Crippen LogP contribution in [0.5, 0.6) is 5.75 Å². The lowest BCUT2D eigenvalue weighted by Crippen LogP contribution is -1.98. The van der Waals surface area contributed by atoms with Crippen LogP contribution >= 0.6 is 0 Å². The summed E-state index contributed by atoms with van der Waals surface area (Å²) in [5.41, 5.74) is 0.979. The Kier molecular flexibility index (Phi) is 4.69. The number of benzene rings is 1. The Bertz CT molecular complexity index is 258. The van der Waals surface area contributed by atoms with Gasteiger partial charge in [-0.15, -0.1) is 0 Å². The van der Waals surface area contributed by atoms with Crippen molar-refractivity contribution in [3.63, 3.8) is 0 Å². The molecule has 0 aliphatic heterocycles. The van der Waals surface area contributed by atoms with Gasteiger partial charge < -0.3 is 9.84 Å². The molecule has 0 aliphatic rings. The molecule has 0 aliphatic carbocycles. The molecule has 1 aromatic rings. The highest BCUT2D eigenvalue weighted by atomic mass is 28.1. The topological polar surface area (TPSA) is 29.5 Å². The summed E-state index contributed by atoms with van der Waals surface area (Å²) in [6.45, 7) is 2.07. The van der Waals surface area contributed by atoms with Crippen molar-refractivity contribution in [2.24, 2.45) is 0 Å². The average molecular weight is 210 g/mol. The van der Waals surface area contributed by atoms with Gasteiger partial charge in [0.25, 0.3) is 0 Å². The van der Waals surface area contributed by atoms with Crippen molar-refractivity contribution in [3.05, 3.63) is 29.8 Å². The number of ether oxygens (including phenoxy) is 1. The van der Waals surface area contributed by atoms with Gasteiger partial charge in [-0.3, -0.25) is 0 Å². The maximum absolute atomic E-state index is 9.71. The van der Waals surface area contributed by atoms with Crippen molar-refractivity contribution in [3.8, 4) is 5.75 Å². The molecule has 1 aromatic carbocycles. The van der Waals surface area contributed by atoms with E-state index in [0.717, 1.165) is 40.6 Å². The van der Waals surface area contributed by atoms with Crippen molar-refractivity contribution in [1.82, 2.24) is 0 Å². The predicted molar refractivity (Wildman–Crippen MR) is 61.7 cm³/mol. The SMILES string of the molecule is CCCC(O)c1ccc(OC[SiH3])cc1. The van der Waals surface area contributed by atoms with E-state index in [1.807, 2.05) is 24.3 Å². The summed E-state index contributed by atoms with van der Waals surface area (Å²) in [5, 5.41) is 9.71. The first kappa shape index (κ1) is 11.3. The summed E-state index contributed by atoms with van der Waals surface area (Å²) in [6.07, 6.45) is 2.31. The van der Waals surface area contributed by atoms with Gasteiger partial charge in [-0.2, -0.15) is 0 Å². The van der Waals surface area contributed by atoms with Crippen LogP contribution in [0.25, 0.3) is 0 Å². The van der Waals surface area contributed by atoms with Gasteiger partial charge in [-0.05, 0) is 24.1 Å². The Balaban J connectivity index is 2.62. The highest BCUT2D eigenvalue weighted by Crippen LogP contribution is 2.20. The van der Waals surface area contributed by atoms with Gasteiger partial charge in [0.05, 0.1) is 22.6 Å². The zero-order valence-electron chi connectivity index (χ0n) is 8.86. The predicted octanol–water partition coefficient (Wildman–Crippen LogP) is 1.22. The first-order chi connectivity index (χ1) is 6.77. The monoisotopic (exact) mass is 210 g/mol. The first-order valence-corrected chi connectivity index (χ1v) is 6.60. The molecule has 3 heteroatoms. The lowest BCUT2D eigenvalue weighted by Gasteiger charge is -2.10. The van der Waals surface area contributed by atoms with Crippen molar-refractivity contribution in [2.75, 3.05) is 6.23 Å². The van der Waals surface area contributed by atoms with Gasteiger partial charge in [0.2, 0.25) is 0 Å². The average Bonchev–Trinajstić information content (AvgIpc) is 2.20. The molecule has 0 heterocycles. The highest BCUT2D eigenvalue weighted by Gasteiger charge is 2.05. The molecular weight excluding hydrogens is 192 g/mol. The van der Waals surface area contributed by atoms with E-state index in [4.69, 9.17) is 4.74 Å². The fourth-order valence-electron chi connectivity index (χ4n) is 1.39. The van der Waals surface area contributed by atoms with Crippen LogP contribution in [-0.2, 0) is 0 Å². The molecule has 2 nitrogen and oxygen atoms in total. The largest absolute Gasteiger partial charge is 0.498 e. The van der Waals surface area contributed by atoms with Crippen LogP contribution in [0, 0.1) is 0 Å². The fourth-order valence-corrected chi connectivity index (χ4v) is 1.73. The first-order valence-electron chi connectivity index (χ1n) is 5.18. The van der Waals surface area contributed by atoms with Crippen molar-refractivity contribution < 1.29 is 9.84 Å². The quantitative estimate of drug-likeness (QED) is 0.741. The molecule has 0 saturated carbocycles. The Hall–Kier alpha value is -0.803. The van der Waals surface area contributed by atoms with Gasteiger partial charge >= 0.3 is 0 Å². The molecule has 0 bridgehead atoms. The van der Waals surface area contributed by atoms with Crippen LogP contribution < -0.4 is 4.74 Å². The molecular formula is C11H18O2Si. The summed E-state index contributed by atoms with van der Waals surface area (Å²) >= 11 is 0. The van der Waals surface area contributed by atoms with Gasteiger partial charge in [0.1, 0.15) is 5.75 Å². The highest BCUT2D eigenvalue weighted by molar-refractivity contribution is 6.08. The number of aliphatic hydroxyl groups is 1. The van der Waals surface area contributed by atoms with E-state index in [9.17, 15) is 5.11 Å². The standard InChI is InChI=1S/C11H18O2Si/c1-2-3-11(12)9-4-6-10(7-5-9)13-8-14/h4-7,11-12H,2-3,8H2,1,14H3. The van der Waals surface area contributed by atoms with Crippen molar-refractivity contribution in [2.45, 2.75) is 25.9 Å². The fraction of sp³-hybridized carbons (Fsp3) is 0.455. The van der Waals surface area contributed by atoms with E-state index in [0.29, 0.717) is 0 Å². The second kappa shape index (κ2) is 5.83. The van der Waals surface area contributed by atoms with E-state index in [2.05, 4.69) is 6.92 Å². The van der Waals surface area contributed by atoms with Crippen LogP contribution in [0.4, 0.5) is 0 Å². The van der Waals surface area contributed by atoms with E-state index in [-0.39, 0.29) is 6.10 Å². The summed E-state index contributed by atoms with van der Waals surface area (Å²) in [5.74, 6) is 0.896. The maximum Gasteiger partial charge on any atom is 0.118 e. The Morgan fingerprint density at radius 3 is 2.50 bits per heavy atom. The molecule has 0 saturated heterocycles.